The van der Waals surface area contributed by atoms with Gasteiger partial charge in [-0.15, -0.1) is 11.8 Å². The van der Waals surface area contributed by atoms with E-state index >= 15 is 0 Å². The fraction of sp³-hybridized carbons (Fsp3) is 0.529. The molecule has 0 saturated heterocycles. The number of aryl methyl sites for hydroxylation is 2. The number of amides is 1. The SMILES string of the molecule is COC(=O)C(CC(C)C)NC(=O)CSc1cc(C)ccc1C. The van der Waals surface area contributed by atoms with Gasteiger partial charge in [-0.25, -0.2) is 4.79 Å². The minimum absolute atomic E-state index is 0.151. The van der Waals surface area contributed by atoms with E-state index in [2.05, 4.69) is 17.4 Å². The van der Waals surface area contributed by atoms with Gasteiger partial charge in [0.05, 0.1) is 12.9 Å². The highest BCUT2D eigenvalue weighted by molar-refractivity contribution is 8.00. The fourth-order valence-electron chi connectivity index (χ4n) is 2.07. The average molecular weight is 323 g/mol. The van der Waals surface area contributed by atoms with E-state index in [1.54, 1.807) is 0 Å². The number of hydrogen-bond acceptors (Lipinski definition) is 4. The van der Waals surface area contributed by atoms with Crippen molar-refractivity contribution in [3.8, 4) is 0 Å². The van der Waals surface area contributed by atoms with E-state index in [0.717, 1.165) is 10.5 Å². The third kappa shape index (κ3) is 6.10. The number of ether oxygens (including phenoxy) is 1. The van der Waals surface area contributed by atoms with Crippen LogP contribution in [0.15, 0.2) is 23.1 Å². The molecule has 0 bridgehead atoms. The van der Waals surface area contributed by atoms with Crippen LogP contribution < -0.4 is 5.32 Å². The molecule has 1 unspecified atom stereocenters. The minimum atomic E-state index is -0.572. The summed E-state index contributed by atoms with van der Waals surface area (Å²) >= 11 is 1.49. The summed E-state index contributed by atoms with van der Waals surface area (Å²) in [4.78, 5) is 24.9. The first kappa shape index (κ1) is 18.6. The molecule has 0 radical (unpaired) electrons. The molecule has 1 amide bonds. The highest BCUT2D eigenvalue weighted by atomic mass is 32.2. The number of thioether (sulfide) groups is 1. The third-order valence-electron chi connectivity index (χ3n) is 3.23. The van der Waals surface area contributed by atoms with E-state index in [4.69, 9.17) is 4.74 Å². The van der Waals surface area contributed by atoms with Crippen molar-refractivity contribution in [1.82, 2.24) is 5.32 Å². The molecule has 0 saturated carbocycles. The predicted molar refractivity (Wildman–Crippen MR) is 90.0 cm³/mol. The first-order valence-corrected chi connectivity index (χ1v) is 8.39. The van der Waals surface area contributed by atoms with Crippen molar-refractivity contribution < 1.29 is 14.3 Å². The van der Waals surface area contributed by atoms with Crippen LogP contribution in [-0.4, -0.2) is 30.8 Å². The lowest BCUT2D eigenvalue weighted by molar-refractivity contribution is -0.145. The Kier molecular flexibility index (Phi) is 7.45. The lowest BCUT2D eigenvalue weighted by Crippen LogP contribution is -2.43. The molecular weight excluding hydrogens is 298 g/mol. The monoisotopic (exact) mass is 323 g/mol. The maximum Gasteiger partial charge on any atom is 0.328 e. The van der Waals surface area contributed by atoms with Crippen molar-refractivity contribution in [3.05, 3.63) is 29.3 Å². The first-order valence-electron chi connectivity index (χ1n) is 7.40. The van der Waals surface area contributed by atoms with Crippen molar-refractivity contribution in [3.63, 3.8) is 0 Å². The first-order chi connectivity index (χ1) is 10.3. The van der Waals surface area contributed by atoms with Crippen LogP contribution in [0, 0.1) is 19.8 Å². The molecule has 1 atom stereocenters. The van der Waals surface area contributed by atoms with Gasteiger partial charge in [0, 0.05) is 4.90 Å². The molecule has 0 aliphatic carbocycles. The van der Waals surface area contributed by atoms with Gasteiger partial charge in [0.2, 0.25) is 5.91 Å². The molecule has 0 aromatic heterocycles. The van der Waals surface area contributed by atoms with Gasteiger partial charge in [0.25, 0.3) is 0 Å². The molecule has 1 aromatic carbocycles. The van der Waals surface area contributed by atoms with Crippen molar-refractivity contribution >= 4 is 23.6 Å². The van der Waals surface area contributed by atoms with Crippen LogP contribution in [0.5, 0.6) is 0 Å². The van der Waals surface area contributed by atoms with Gasteiger partial charge in [0.1, 0.15) is 6.04 Å². The normalized spacial score (nSPS) is 12.1. The Morgan fingerprint density at radius 2 is 1.95 bits per heavy atom. The van der Waals surface area contributed by atoms with Crippen molar-refractivity contribution in [1.29, 1.82) is 0 Å². The minimum Gasteiger partial charge on any atom is -0.467 e. The largest absolute Gasteiger partial charge is 0.467 e. The number of esters is 1. The zero-order valence-corrected chi connectivity index (χ0v) is 14.8. The van der Waals surface area contributed by atoms with E-state index in [9.17, 15) is 9.59 Å². The maximum atomic E-state index is 12.1. The summed E-state index contributed by atoms with van der Waals surface area (Å²) in [7, 11) is 1.34. The molecule has 0 heterocycles. The van der Waals surface area contributed by atoms with Gasteiger partial charge in [-0.2, -0.15) is 0 Å². The number of methoxy groups -OCH3 is 1. The van der Waals surface area contributed by atoms with E-state index in [1.807, 2.05) is 33.8 Å². The molecule has 0 aliphatic rings. The summed E-state index contributed by atoms with van der Waals surface area (Å²) in [6, 6.07) is 5.59. The predicted octanol–water partition coefficient (Wildman–Crippen LogP) is 3.10. The van der Waals surface area contributed by atoms with Gasteiger partial charge in [0.15, 0.2) is 0 Å². The molecule has 0 fully saturated rings. The van der Waals surface area contributed by atoms with Crippen LogP contribution in [0.3, 0.4) is 0 Å². The Balaban J connectivity index is 2.60. The summed E-state index contributed by atoms with van der Waals surface area (Å²) in [5.74, 6) is 0.0485. The number of carbonyl (C=O) groups excluding carboxylic acids is 2. The van der Waals surface area contributed by atoms with E-state index in [-0.39, 0.29) is 11.7 Å². The Hall–Kier alpha value is -1.49. The summed E-state index contributed by atoms with van der Waals surface area (Å²) in [5, 5.41) is 2.77. The van der Waals surface area contributed by atoms with Crippen LogP contribution in [0.2, 0.25) is 0 Å². The molecule has 0 spiro atoms. The second-order valence-corrected chi connectivity index (χ2v) is 6.85. The van der Waals surface area contributed by atoms with Gasteiger partial charge < -0.3 is 10.1 Å². The lowest BCUT2D eigenvalue weighted by Gasteiger charge is -2.18. The number of rotatable bonds is 7. The van der Waals surface area contributed by atoms with Crippen molar-refractivity contribution in [2.45, 2.75) is 45.1 Å². The van der Waals surface area contributed by atoms with Crippen LogP contribution in [-0.2, 0) is 14.3 Å². The molecule has 1 N–H and O–H groups in total. The number of benzene rings is 1. The highest BCUT2D eigenvalue weighted by Crippen LogP contribution is 2.23. The standard InChI is InChI=1S/C17H25NO3S/c1-11(2)8-14(17(20)21-5)18-16(19)10-22-15-9-12(3)6-7-13(15)4/h6-7,9,11,14H,8,10H2,1-5H3,(H,18,19). The smallest absolute Gasteiger partial charge is 0.328 e. The Morgan fingerprint density at radius 1 is 1.27 bits per heavy atom. The molecule has 4 nitrogen and oxygen atoms in total. The van der Waals surface area contributed by atoms with Crippen LogP contribution in [0.25, 0.3) is 0 Å². The Morgan fingerprint density at radius 3 is 2.55 bits per heavy atom. The summed E-state index contributed by atoms with van der Waals surface area (Å²) in [6.07, 6.45) is 0.576. The average Bonchev–Trinajstić information content (AvgIpc) is 2.46. The molecule has 5 heteroatoms. The quantitative estimate of drug-likeness (QED) is 0.619. The molecule has 0 aliphatic heterocycles. The van der Waals surface area contributed by atoms with Crippen molar-refractivity contribution in [2.24, 2.45) is 5.92 Å². The van der Waals surface area contributed by atoms with Crippen LogP contribution in [0.1, 0.15) is 31.4 Å². The zero-order chi connectivity index (χ0) is 16.7. The summed E-state index contributed by atoms with van der Waals surface area (Å²) < 4.78 is 4.75. The second kappa shape index (κ2) is 8.83. The van der Waals surface area contributed by atoms with E-state index in [1.165, 1.54) is 24.4 Å². The molecule has 1 aromatic rings. The third-order valence-corrected chi connectivity index (χ3v) is 4.39. The van der Waals surface area contributed by atoms with Gasteiger partial charge in [-0.05, 0) is 37.8 Å². The maximum absolute atomic E-state index is 12.1. The summed E-state index contributed by atoms with van der Waals surface area (Å²) in [6.45, 7) is 8.06. The Bertz CT molecular complexity index is 529. The number of carbonyl (C=O) groups is 2. The zero-order valence-electron chi connectivity index (χ0n) is 13.9. The van der Waals surface area contributed by atoms with Crippen LogP contribution in [0.4, 0.5) is 0 Å². The Labute approximate surface area is 137 Å². The molecule has 122 valence electrons. The molecule has 22 heavy (non-hydrogen) atoms. The molecule has 1 rings (SSSR count). The van der Waals surface area contributed by atoms with Gasteiger partial charge in [-0.1, -0.05) is 31.5 Å². The number of nitrogens with one attached hydrogen (secondary N) is 1. The number of hydrogen-bond donors (Lipinski definition) is 1. The van der Waals surface area contributed by atoms with Gasteiger partial charge >= 0.3 is 5.97 Å². The lowest BCUT2D eigenvalue weighted by atomic mass is 10.0. The van der Waals surface area contributed by atoms with Crippen LogP contribution >= 0.6 is 11.8 Å². The molecular formula is C17H25NO3S. The van der Waals surface area contributed by atoms with E-state index < -0.39 is 12.0 Å². The topological polar surface area (TPSA) is 55.4 Å². The van der Waals surface area contributed by atoms with Crippen molar-refractivity contribution in [2.75, 3.05) is 12.9 Å². The fourth-order valence-corrected chi connectivity index (χ4v) is 3.00. The van der Waals surface area contributed by atoms with E-state index in [0.29, 0.717) is 12.3 Å². The second-order valence-electron chi connectivity index (χ2n) is 5.83. The highest BCUT2D eigenvalue weighted by Gasteiger charge is 2.22. The summed E-state index contributed by atoms with van der Waals surface area (Å²) in [5.41, 5.74) is 2.32. The van der Waals surface area contributed by atoms with Gasteiger partial charge in [-0.3, -0.25) is 4.79 Å².